The monoisotopic (exact) mass is 404 g/mol. The van der Waals surface area contributed by atoms with Gasteiger partial charge in [0.05, 0.1) is 23.7 Å². The Morgan fingerprint density at radius 3 is 2.50 bits per heavy atom. The van der Waals surface area contributed by atoms with Crippen LogP contribution in [0.2, 0.25) is 0 Å². The van der Waals surface area contributed by atoms with Crippen LogP contribution in [0.25, 0.3) is 0 Å². The van der Waals surface area contributed by atoms with Crippen molar-refractivity contribution in [2.75, 3.05) is 0 Å². The van der Waals surface area contributed by atoms with Crippen molar-refractivity contribution in [3.63, 3.8) is 0 Å². The highest BCUT2D eigenvalue weighted by Crippen LogP contribution is 2.26. The van der Waals surface area contributed by atoms with Crippen LogP contribution >= 0.6 is 0 Å². The van der Waals surface area contributed by atoms with E-state index >= 15 is 0 Å². The summed E-state index contributed by atoms with van der Waals surface area (Å²) in [7, 11) is 0. The molecule has 8 heteroatoms. The summed E-state index contributed by atoms with van der Waals surface area (Å²) in [4.78, 5) is 35.7. The molecule has 2 heterocycles. The van der Waals surface area contributed by atoms with E-state index in [4.69, 9.17) is 5.26 Å². The lowest BCUT2D eigenvalue weighted by Gasteiger charge is -2.19. The third-order valence-electron chi connectivity index (χ3n) is 5.17. The second-order valence-corrected chi connectivity index (χ2v) is 7.08. The molecule has 0 saturated heterocycles. The van der Waals surface area contributed by atoms with Crippen molar-refractivity contribution in [1.82, 2.24) is 9.13 Å². The molecule has 0 bridgehead atoms. The Balaban J connectivity index is 1.98. The van der Waals surface area contributed by atoms with E-state index in [0.717, 1.165) is 33.8 Å². The summed E-state index contributed by atoms with van der Waals surface area (Å²) >= 11 is 0. The average Bonchev–Trinajstić information content (AvgIpc) is 3.03. The fourth-order valence-electron chi connectivity index (χ4n) is 3.69. The number of nitro groups is 1. The smallest absolute Gasteiger partial charge is 0.287 e. The number of carbonyl (C=O) groups is 1. The van der Waals surface area contributed by atoms with E-state index in [0.29, 0.717) is 5.56 Å². The summed E-state index contributed by atoms with van der Waals surface area (Å²) in [6, 6.07) is 14.2. The fraction of sp³-hybridized carbons (Fsp3) is 0.227. The Bertz CT molecular complexity index is 1230. The van der Waals surface area contributed by atoms with Gasteiger partial charge in [0, 0.05) is 23.0 Å². The predicted octanol–water partition coefficient (Wildman–Crippen LogP) is 3.54. The van der Waals surface area contributed by atoms with Crippen LogP contribution in [0.4, 0.5) is 5.69 Å². The van der Waals surface area contributed by atoms with E-state index in [1.54, 1.807) is 12.1 Å². The topological polar surface area (TPSA) is 111 Å². The van der Waals surface area contributed by atoms with Crippen LogP contribution in [0.15, 0.2) is 53.5 Å². The second-order valence-electron chi connectivity index (χ2n) is 7.08. The van der Waals surface area contributed by atoms with E-state index in [-0.39, 0.29) is 23.9 Å². The number of rotatable bonds is 6. The zero-order chi connectivity index (χ0) is 22.0. The van der Waals surface area contributed by atoms with Crippen LogP contribution in [0, 0.1) is 35.3 Å². The maximum atomic E-state index is 13.0. The zero-order valence-corrected chi connectivity index (χ0v) is 16.8. The van der Waals surface area contributed by atoms with Gasteiger partial charge in [0.2, 0.25) is 0 Å². The first-order valence-electron chi connectivity index (χ1n) is 9.30. The van der Waals surface area contributed by atoms with Gasteiger partial charge in [-0.2, -0.15) is 5.26 Å². The number of pyridine rings is 1. The molecule has 3 rings (SSSR count). The highest BCUT2D eigenvalue weighted by molar-refractivity contribution is 5.97. The van der Waals surface area contributed by atoms with Gasteiger partial charge in [0.25, 0.3) is 11.2 Å². The molecular weight excluding hydrogens is 384 g/mol. The molecular formula is C22H20N4O4. The number of nitriles is 1. The molecule has 3 aromatic rings. The molecule has 152 valence electrons. The van der Waals surface area contributed by atoms with Gasteiger partial charge in [-0.05, 0) is 32.4 Å². The molecule has 30 heavy (non-hydrogen) atoms. The summed E-state index contributed by atoms with van der Waals surface area (Å²) in [6.45, 7) is 5.38. The van der Waals surface area contributed by atoms with Gasteiger partial charge in [0.1, 0.15) is 11.6 Å². The van der Waals surface area contributed by atoms with Crippen molar-refractivity contribution < 1.29 is 9.72 Å². The summed E-state index contributed by atoms with van der Waals surface area (Å²) in [5.41, 5.74) is 1.63. The molecule has 0 saturated carbocycles. The molecule has 0 N–H and O–H groups in total. The number of benzene rings is 1. The fourth-order valence-corrected chi connectivity index (χ4v) is 3.69. The first-order chi connectivity index (χ1) is 14.2. The molecule has 0 aliphatic heterocycles. The molecule has 0 spiro atoms. The van der Waals surface area contributed by atoms with E-state index in [1.165, 1.54) is 0 Å². The SMILES string of the molecule is Cc1cc(C(=O)Cn2cc([N+](=O)[O-])cc(C#N)c2=O)c(C)n1[C@@H](C)c1ccccc1. The van der Waals surface area contributed by atoms with E-state index < -0.39 is 16.2 Å². The number of hydrogen-bond acceptors (Lipinski definition) is 5. The third kappa shape index (κ3) is 3.78. The largest absolute Gasteiger partial charge is 0.341 e. The van der Waals surface area contributed by atoms with E-state index in [9.17, 15) is 19.7 Å². The normalized spacial score (nSPS) is 11.7. The van der Waals surface area contributed by atoms with Gasteiger partial charge in [-0.1, -0.05) is 30.3 Å². The van der Waals surface area contributed by atoms with Gasteiger partial charge >= 0.3 is 0 Å². The lowest BCUT2D eigenvalue weighted by molar-refractivity contribution is -0.385. The maximum Gasteiger partial charge on any atom is 0.287 e. The highest BCUT2D eigenvalue weighted by atomic mass is 16.6. The van der Waals surface area contributed by atoms with Crippen molar-refractivity contribution in [3.05, 3.63) is 97.2 Å². The summed E-state index contributed by atoms with van der Waals surface area (Å²) in [5.74, 6) is -0.360. The van der Waals surface area contributed by atoms with Crippen LogP contribution in [-0.4, -0.2) is 19.8 Å². The van der Waals surface area contributed by atoms with Crippen molar-refractivity contribution in [2.24, 2.45) is 0 Å². The Morgan fingerprint density at radius 1 is 1.23 bits per heavy atom. The Labute approximate surface area is 172 Å². The Hall–Kier alpha value is -3.99. The van der Waals surface area contributed by atoms with E-state index in [2.05, 4.69) is 0 Å². The summed E-state index contributed by atoms with van der Waals surface area (Å²) in [6.07, 6.45) is 0.993. The van der Waals surface area contributed by atoms with Crippen molar-refractivity contribution in [1.29, 1.82) is 5.26 Å². The van der Waals surface area contributed by atoms with Crippen LogP contribution in [0.5, 0.6) is 0 Å². The zero-order valence-electron chi connectivity index (χ0n) is 16.8. The molecule has 2 aromatic heterocycles. The number of carbonyl (C=O) groups excluding carboxylic acids is 1. The minimum Gasteiger partial charge on any atom is -0.341 e. The number of Topliss-reactive ketones (excluding diaryl/α,β-unsaturated/α-hetero) is 1. The van der Waals surface area contributed by atoms with Crippen molar-refractivity contribution in [3.8, 4) is 6.07 Å². The summed E-state index contributed by atoms with van der Waals surface area (Å²) < 4.78 is 2.96. The van der Waals surface area contributed by atoms with Crippen molar-refractivity contribution >= 4 is 11.5 Å². The van der Waals surface area contributed by atoms with Gasteiger partial charge in [0.15, 0.2) is 5.78 Å². The van der Waals surface area contributed by atoms with Crippen LogP contribution in [0.3, 0.4) is 0 Å². The Morgan fingerprint density at radius 2 is 1.90 bits per heavy atom. The number of ketones is 1. The molecule has 0 fully saturated rings. The highest BCUT2D eigenvalue weighted by Gasteiger charge is 2.21. The lowest BCUT2D eigenvalue weighted by atomic mass is 10.1. The van der Waals surface area contributed by atoms with Gasteiger partial charge < -0.3 is 4.57 Å². The maximum absolute atomic E-state index is 13.0. The molecule has 0 amide bonds. The lowest BCUT2D eigenvalue weighted by Crippen LogP contribution is -2.26. The average molecular weight is 404 g/mol. The molecule has 1 atom stereocenters. The standard InChI is InChI=1S/C22H20N4O4/c1-14-9-20(16(3)25(14)15(2)17-7-5-4-6-8-17)21(27)13-24-12-19(26(29)30)10-18(11-23)22(24)28/h4-10,12,15H,13H2,1-3H3/t15-/m0/s1. The molecule has 0 aliphatic rings. The second kappa shape index (κ2) is 8.17. The van der Waals surface area contributed by atoms with Gasteiger partial charge in [-0.25, -0.2) is 0 Å². The Kier molecular flexibility index (Phi) is 5.65. The molecule has 0 radical (unpaired) electrons. The minimum absolute atomic E-state index is 0.00141. The number of hydrogen-bond donors (Lipinski definition) is 0. The first-order valence-corrected chi connectivity index (χ1v) is 9.30. The summed E-state index contributed by atoms with van der Waals surface area (Å²) in [5, 5.41) is 20.2. The first kappa shape index (κ1) is 20.7. The number of aromatic nitrogens is 2. The quantitative estimate of drug-likeness (QED) is 0.354. The van der Waals surface area contributed by atoms with Crippen molar-refractivity contribution in [2.45, 2.75) is 33.4 Å². The molecule has 0 aliphatic carbocycles. The molecule has 0 unspecified atom stereocenters. The van der Waals surface area contributed by atoms with Gasteiger partial charge in [-0.15, -0.1) is 0 Å². The minimum atomic E-state index is -0.733. The van der Waals surface area contributed by atoms with Crippen LogP contribution in [0.1, 0.15) is 45.8 Å². The molecule has 1 aromatic carbocycles. The predicted molar refractivity (Wildman–Crippen MR) is 111 cm³/mol. The number of nitrogens with zero attached hydrogens (tertiary/aromatic N) is 4. The number of aryl methyl sites for hydroxylation is 1. The third-order valence-corrected chi connectivity index (χ3v) is 5.17. The van der Waals surface area contributed by atoms with Crippen LogP contribution in [-0.2, 0) is 6.54 Å². The van der Waals surface area contributed by atoms with Gasteiger partial charge in [-0.3, -0.25) is 24.3 Å². The van der Waals surface area contributed by atoms with E-state index in [1.807, 2.05) is 55.7 Å². The van der Waals surface area contributed by atoms with Crippen LogP contribution < -0.4 is 5.56 Å². The molecule has 8 nitrogen and oxygen atoms in total.